The van der Waals surface area contributed by atoms with Crippen molar-refractivity contribution in [1.29, 1.82) is 0 Å². The van der Waals surface area contributed by atoms with Crippen molar-refractivity contribution < 1.29 is 9.53 Å². The third-order valence-corrected chi connectivity index (χ3v) is 1.80. The highest BCUT2D eigenvalue weighted by molar-refractivity contribution is 5.80. The summed E-state index contributed by atoms with van der Waals surface area (Å²) in [4.78, 5) is 19.2. The van der Waals surface area contributed by atoms with Gasteiger partial charge >= 0.3 is 0 Å². The quantitative estimate of drug-likeness (QED) is 0.767. The van der Waals surface area contributed by atoms with E-state index in [2.05, 4.69) is 20.6 Å². The van der Waals surface area contributed by atoms with Crippen molar-refractivity contribution in [2.75, 3.05) is 18.4 Å². The Bertz CT molecular complexity index is 368. The van der Waals surface area contributed by atoms with E-state index in [0.717, 1.165) is 0 Å². The number of carbonyl (C=O) groups excluding carboxylic acids is 1. The Hall–Kier alpha value is -1.85. The highest BCUT2D eigenvalue weighted by Gasteiger charge is 2.03. The van der Waals surface area contributed by atoms with Crippen LogP contribution in [-0.4, -0.2) is 35.1 Å². The highest BCUT2D eigenvalue weighted by Crippen LogP contribution is 2.11. The third-order valence-electron chi connectivity index (χ3n) is 1.80. The van der Waals surface area contributed by atoms with E-state index in [-0.39, 0.29) is 18.6 Å². The lowest BCUT2D eigenvalue weighted by molar-refractivity contribution is -0.119. The molecule has 1 aromatic rings. The minimum atomic E-state index is -0.0718. The molecule has 0 saturated carbocycles. The van der Waals surface area contributed by atoms with Crippen molar-refractivity contribution in [3.05, 3.63) is 12.4 Å². The van der Waals surface area contributed by atoms with Crippen LogP contribution in [-0.2, 0) is 4.79 Å². The fraction of sp³-hybridized carbons (Fsp3) is 0.545. The van der Waals surface area contributed by atoms with E-state index in [1.807, 2.05) is 20.8 Å². The second-order valence-electron chi connectivity index (χ2n) is 3.72. The van der Waals surface area contributed by atoms with Crippen LogP contribution in [0.2, 0.25) is 0 Å². The lowest BCUT2D eigenvalue weighted by Crippen LogP contribution is -2.29. The van der Waals surface area contributed by atoms with Gasteiger partial charge in [0.25, 0.3) is 0 Å². The van der Waals surface area contributed by atoms with Crippen LogP contribution in [0, 0.1) is 0 Å². The van der Waals surface area contributed by atoms with Gasteiger partial charge in [-0.3, -0.25) is 4.79 Å². The zero-order valence-corrected chi connectivity index (χ0v) is 10.4. The van der Waals surface area contributed by atoms with Crippen LogP contribution in [0.15, 0.2) is 12.4 Å². The van der Waals surface area contributed by atoms with Crippen LogP contribution in [0.4, 0.5) is 5.82 Å². The molecule has 0 radical (unpaired) electrons. The summed E-state index contributed by atoms with van der Waals surface area (Å²) in [6, 6.07) is 1.67. The van der Waals surface area contributed by atoms with E-state index >= 15 is 0 Å². The fourth-order valence-electron chi connectivity index (χ4n) is 1.17. The number of anilines is 1. The molecule has 1 aromatic heterocycles. The average Bonchev–Trinajstić information content (AvgIpc) is 2.26. The van der Waals surface area contributed by atoms with E-state index in [9.17, 15) is 4.79 Å². The van der Waals surface area contributed by atoms with Gasteiger partial charge in [0.1, 0.15) is 12.1 Å². The van der Waals surface area contributed by atoms with Crippen LogP contribution in [0.5, 0.6) is 5.88 Å². The maximum absolute atomic E-state index is 11.2. The summed E-state index contributed by atoms with van der Waals surface area (Å²) in [5, 5.41) is 5.59. The molecule has 6 heteroatoms. The van der Waals surface area contributed by atoms with Gasteiger partial charge in [-0.1, -0.05) is 0 Å². The first-order chi connectivity index (χ1) is 8.11. The number of rotatable bonds is 6. The summed E-state index contributed by atoms with van der Waals surface area (Å²) in [7, 11) is 0. The highest BCUT2D eigenvalue weighted by atomic mass is 16.5. The molecule has 17 heavy (non-hydrogen) atoms. The first kappa shape index (κ1) is 13.2. The van der Waals surface area contributed by atoms with Crippen LogP contribution in [0.1, 0.15) is 20.8 Å². The van der Waals surface area contributed by atoms with Crippen molar-refractivity contribution in [2.45, 2.75) is 26.9 Å². The van der Waals surface area contributed by atoms with Gasteiger partial charge in [-0.05, 0) is 20.8 Å². The van der Waals surface area contributed by atoms with Gasteiger partial charge in [0.05, 0.1) is 12.6 Å². The average molecular weight is 238 g/mol. The standard InChI is InChI=1S/C11H18N4O2/c1-4-12-10(16)6-13-9-5-11(15-7-14-9)17-8(2)3/h5,7-8H,4,6H2,1-3H3,(H,12,16)(H,13,14,15). The molecule has 0 bridgehead atoms. The maximum Gasteiger partial charge on any atom is 0.239 e. The van der Waals surface area contributed by atoms with Gasteiger partial charge in [0.15, 0.2) is 0 Å². The molecule has 2 N–H and O–H groups in total. The summed E-state index contributed by atoms with van der Waals surface area (Å²) in [6.07, 6.45) is 1.46. The normalized spacial score (nSPS) is 10.1. The largest absolute Gasteiger partial charge is 0.475 e. The first-order valence-electron chi connectivity index (χ1n) is 5.61. The molecule has 0 unspecified atom stereocenters. The Morgan fingerprint density at radius 1 is 1.47 bits per heavy atom. The third kappa shape index (κ3) is 5.14. The van der Waals surface area contributed by atoms with E-state index < -0.39 is 0 Å². The number of amides is 1. The maximum atomic E-state index is 11.2. The summed E-state index contributed by atoms with van der Waals surface area (Å²) in [5.41, 5.74) is 0. The topological polar surface area (TPSA) is 76.1 Å². The fourth-order valence-corrected chi connectivity index (χ4v) is 1.17. The Balaban J connectivity index is 2.51. The monoisotopic (exact) mass is 238 g/mol. The number of nitrogens with one attached hydrogen (secondary N) is 2. The second kappa shape index (κ2) is 6.67. The van der Waals surface area contributed by atoms with Crippen LogP contribution >= 0.6 is 0 Å². The minimum Gasteiger partial charge on any atom is -0.475 e. The number of carbonyl (C=O) groups is 1. The van der Waals surface area contributed by atoms with Gasteiger partial charge in [0.2, 0.25) is 11.8 Å². The Labute approximate surface area is 101 Å². The summed E-state index contributed by atoms with van der Waals surface area (Å²) >= 11 is 0. The van der Waals surface area contributed by atoms with Crippen molar-refractivity contribution >= 4 is 11.7 Å². The molecular weight excluding hydrogens is 220 g/mol. The zero-order chi connectivity index (χ0) is 12.7. The van der Waals surface area contributed by atoms with Gasteiger partial charge in [-0.15, -0.1) is 0 Å². The molecule has 0 aliphatic carbocycles. The molecule has 0 saturated heterocycles. The Kier molecular flexibility index (Phi) is 5.19. The first-order valence-corrected chi connectivity index (χ1v) is 5.61. The van der Waals surface area contributed by atoms with E-state index in [1.165, 1.54) is 6.33 Å². The molecule has 94 valence electrons. The summed E-state index contributed by atoms with van der Waals surface area (Å²) < 4.78 is 5.42. The van der Waals surface area contributed by atoms with Crippen molar-refractivity contribution in [1.82, 2.24) is 15.3 Å². The second-order valence-corrected chi connectivity index (χ2v) is 3.72. The Morgan fingerprint density at radius 3 is 2.88 bits per heavy atom. The molecule has 0 spiro atoms. The van der Waals surface area contributed by atoms with Crippen molar-refractivity contribution in [2.24, 2.45) is 0 Å². The number of hydrogen-bond acceptors (Lipinski definition) is 5. The molecule has 1 heterocycles. The van der Waals surface area contributed by atoms with E-state index in [4.69, 9.17) is 4.74 Å². The lowest BCUT2D eigenvalue weighted by atomic mass is 10.4. The smallest absolute Gasteiger partial charge is 0.239 e. The zero-order valence-electron chi connectivity index (χ0n) is 10.4. The molecular formula is C11H18N4O2. The van der Waals surface area contributed by atoms with Gasteiger partial charge in [-0.2, -0.15) is 0 Å². The molecule has 0 aliphatic rings. The van der Waals surface area contributed by atoms with Gasteiger partial charge in [-0.25, -0.2) is 9.97 Å². The molecule has 6 nitrogen and oxygen atoms in total. The summed E-state index contributed by atoms with van der Waals surface area (Å²) in [6.45, 7) is 6.52. The molecule has 1 rings (SSSR count). The Morgan fingerprint density at radius 2 is 2.24 bits per heavy atom. The van der Waals surface area contributed by atoms with E-state index in [1.54, 1.807) is 6.07 Å². The molecule has 0 atom stereocenters. The number of nitrogens with zero attached hydrogens (tertiary/aromatic N) is 2. The summed E-state index contributed by atoms with van der Waals surface area (Å²) in [5.74, 6) is 0.993. The minimum absolute atomic E-state index is 0.0566. The lowest BCUT2D eigenvalue weighted by Gasteiger charge is -2.10. The SMILES string of the molecule is CCNC(=O)CNc1cc(OC(C)C)ncn1. The number of aromatic nitrogens is 2. The predicted molar refractivity (Wildman–Crippen MR) is 65.0 cm³/mol. The molecule has 0 aromatic carbocycles. The molecule has 1 amide bonds. The van der Waals surface area contributed by atoms with E-state index in [0.29, 0.717) is 18.2 Å². The predicted octanol–water partition coefficient (Wildman–Crippen LogP) is 0.812. The number of ether oxygens (including phenoxy) is 1. The van der Waals surface area contributed by atoms with Gasteiger partial charge in [0, 0.05) is 12.6 Å². The van der Waals surface area contributed by atoms with Crippen LogP contribution < -0.4 is 15.4 Å². The van der Waals surface area contributed by atoms with Crippen LogP contribution in [0.25, 0.3) is 0 Å². The number of hydrogen-bond donors (Lipinski definition) is 2. The van der Waals surface area contributed by atoms with Crippen LogP contribution in [0.3, 0.4) is 0 Å². The number of likely N-dealkylation sites (N-methyl/N-ethyl adjacent to an activating group) is 1. The molecule has 0 aliphatic heterocycles. The van der Waals surface area contributed by atoms with Crippen molar-refractivity contribution in [3.8, 4) is 5.88 Å². The van der Waals surface area contributed by atoms with Crippen molar-refractivity contribution in [3.63, 3.8) is 0 Å². The van der Waals surface area contributed by atoms with Gasteiger partial charge < -0.3 is 15.4 Å². The molecule has 0 fully saturated rings.